The number of hydrogen-bond acceptors (Lipinski definition) is 1. The van der Waals surface area contributed by atoms with E-state index < -0.39 is 5.92 Å². The predicted molar refractivity (Wildman–Crippen MR) is 111 cm³/mol. The maximum absolute atomic E-state index is 13.6. The van der Waals surface area contributed by atoms with Crippen molar-refractivity contribution in [3.05, 3.63) is 76.3 Å². The first-order chi connectivity index (χ1) is 13.4. The van der Waals surface area contributed by atoms with E-state index >= 15 is 0 Å². The molecule has 0 saturated heterocycles. The summed E-state index contributed by atoms with van der Waals surface area (Å²) in [5, 5.41) is 2.34. The molecule has 3 aromatic carbocycles. The van der Waals surface area contributed by atoms with Crippen LogP contribution in [0.5, 0.6) is 0 Å². The minimum absolute atomic E-state index is 0.0108. The second-order valence-electron chi connectivity index (χ2n) is 8.41. The van der Waals surface area contributed by atoms with E-state index in [1.54, 1.807) is 0 Å². The van der Waals surface area contributed by atoms with Crippen molar-refractivity contribution in [1.29, 1.82) is 0 Å². The Morgan fingerprint density at radius 3 is 2.36 bits per heavy atom. The monoisotopic (exact) mass is 375 g/mol. The van der Waals surface area contributed by atoms with Crippen LogP contribution in [0.25, 0.3) is 10.8 Å². The van der Waals surface area contributed by atoms with Crippen molar-refractivity contribution >= 4 is 22.2 Å². The second kappa shape index (κ2) is 6.23. The van der Waals surface area contributed by atoms with Gasteiger partial charge in [-0.3, -0.25) is 0 Å². The van der Waals surface area contributed by atoms with E-state index in [-0.39, 0.29) is 18.8 Å². The lowest BCUT2D eigenvalue weighted by atomic mass is 9.80. The van der Waals surface area contributed by atoms with E-state index in [1.807, 2.05) is 6.07 Å². The van der Waals surface area contributed by atoms with Crippen LogP contribution in [0.4, 0.5) is 14.5 Å². The molecule has 1 fully saturated rings. The molecule has 0 N–H and O–H groups in total. The molecule has 0 radical (unpaired) electrons. The van der Waals surface area contributed by atoms with Gasteiger partial charge in [0, 0.05) is 29.4 Å². The lowest BCUT2D eigenvalue weighted by Crippen LogP contribution is -2.23. The van der Waals surface area contributed by atoms with Crippen molar-refractivity contribution in [3.63, 3.8) is 0 Å². The summed E-state index contributed by atoms with van der Waals surface area (Å²) >= 11 is 0. The summed E-state index contributed by atoms with van der Waals surface area (Å²) in [6.07, 6.45) is 1.08. The molecular formula is C25H23F2N. The van der Waals surface area contributed by atoms with Gasteiger partial charge in [-0.1, -0.05) is 35.4 Å². The molecule has 1 aliphatic heterocycles. The van der Waals surface area contributed by atoms with E-state index in [2.05, 4.69) is 56.3 Å². The van der Waals surface area contributed by atoms with Gasteiger partial charge in [-0.05, 0) is 67.8 Å². The first kappa shape index (κ1) is 17.5. The van der Waals surface area contributed by atoms with Gasteiger partial charge in [0.2, 0.25) is 5.92 Å². The topological polar surface area (TPSA) is 12.4 Å². The number of benzene rings is 3. The van der Waals surface area contributed by atoms with Crippen LogP contribution < -0.4 is 0 Å². The molecule has 0 bridgehead atoms. The summed E-state index contributed by atoms with van der Waals surface area (Å²) in [6.45, 7) is 4.21. The Balaban J connectivity index is 1.63. The predicted octanol–water partition coefficient (Wildman–Crippen LogP) is 7.23. The Bertz CT molecular complexity index is 1100. The van der Waals surface area contributed by atoms with E-state index in [0.717, 1.165) is 27.9 Å². The van der Waals surface area contributed by atoms with Gasteiger partial charge in [0.15, 0.2) is 0 Å². The molecule has 0 aromatic heterocycles. The van der Waals surface area contributed by atoms with E-state index in [4.69, 9.17) is 4.99 Å². The Morgan fingerprint density at radius 2 is 1.64 bits per heavy atom. The molecule has 5 rings (SSSR count). The van der Waals surface area contributed by atoms with Crippen molar-refractivity contribution < 1.29 is 8.78 Å². The van der Waals surface area contributed by atoms with Crippen molar-refractivity contribution in [3.8, 4) is 0 Å². The maximum atomic E-state index is 13.6. The van der Waals surface area contributed by atoms with Gasteiger partial charge in [-0.25, -0.2) is 13.8 Å². The summed E-state index contributed by atoms with van der Waals surface area (Å²) in [5.41, 5.74) is 7.89. The molecule has 0 spiro atoms. The number of halogens is 2. The van der Waals surface area contributed by atoms with Crippen molar-refractivity contribution in [2.24, 2.45) is 4.99 Å². The summed E-state index contributed by atoms with van der Waals surface area (Å²) in [7, 11) is 0. The summed E-state index contributed by atoms with van der Waals surface area (Å²) in [6, 6.07) is 17.1. The van der Waals surface area contributed by atoms with Crippen LogP contribution in [0.15, 0.2) is 53.5 Å². The third-order valence-corrected chi connectivity index (χ3v) is 6.15. The number of aliphatic imine (C=N–C) groups is 1. The zero-order valence-electron chi connectivity index (χ0n) is 16.2. The number of nitrogens with zero attached hydrogens (tertiary/aromatic N) is 1. The van der Waals surface area contributed by atoms with Gasteiger partial charge in [0.05, 0.1) is 11.4 Å². The molecule has 3 heteroatoms. The molecule has 1 saturated carbocycles. The molecule has 3 aromatic rings. The molecular weight excluding hydrogens is 352 g/mol. The highest BCUT2D eigenvalue weighted by Crippen LogP contribution is 2.44. The Labute approximate surface area is 164 Å². The largest absolute Gasteiger partial charge is 0.248 e. The first-order valence-corrected chi connectivity index (χ1v) is 10.0. The van der Waals surface area contributed by atoms with Gasteiger partial charge in [0.25, 0.3) is 0 Å². The average Bonchev–Trinajstić information content (AvgIpc) is 3.01. The van der Waals surface area contributed by atoms with Crippen LogP contribution in [0, 0.1) is 13.8 Å². The highest BCUT2D eigenvalue weighted by molar-refractivity contribution is 6.26. The van der Waals surface area contributed by atoms with Crippen LogP contribution in [-0.4, -0.2) is 11.6 Å². The highest BCUT2D eigenvalue weighted by Gasteiger charge is 2.35. The Kier molecular flexibility index (Phi) is 3.90. The van der Waals surface area contributed by atoms with E-state index in [0.29, 0.717) is 12.8 Å². The summed E-state index contributed by atoms with van der Waals surface area (Å²) in [4.78, 5) is 4.95. The van der Waals surface area contributed by atoms with Gasteiger partial charge in [-0.15, -0.1) is 0 Å². The first-order valence-electron chi connectivity index (χ1n) is 10.0. The molecule has 2 aliphatic rings. The maximum Gasteiger partial charge on any atom is 0.248 e. The third kappa shape index (κ3) is 2.94. The van der Waals surface area contributed by atoms with Crippen LogP contribution in [0.3, 0.4) is 0 Å². The van der Waals surface area contributed by atoms with Crippen molar-refractivity contribution in [2.75, 3.05) is 0 Å². The van der Waals surface area contributed by atoms with Gasteiger partial charge in [-0.2, -0.15) is 0 Å². The number of aryl methyl sites for hydroxylation is 2. The van der Waals surface area contributed by atoms with Crippen LogP contribution in [0.2, 0.25) is 0 Å². The fraction of sp³-hybridized carbons (Fsp3) is 0.320. The fourth-order valence-corrected chi connectivity index (χ4v) is 4.83. The fourth-order valence-electron chi connectivity index (χ4n) is 4.83. The standard InChI is InChI=1S/C25H23F2N/c1-15-10-16(2)12-20(11-15)24-21-14-19(17-6-8-25(26,27)9-7-17)13-18-4-3-5-22(28-24)23(18)21/h3-5,10-14,17H,6-9H2,1-2H3. The zero-order valence-corrected chi connectivity index (χ0v) is 16.2. The number of rotatable bonds is 2. The molecule has 0 atom stereocenters. The smallest absolute Gasteiger partial charge is 0.247 e. The number of alkyl halides is 2. The molecule has 28 heavy (non-hydrogen) atoms. The molecule has 142 valence electrons. The molecule has 1 nitrogen and oxygen atoms in total. The Morgan fingerprint density at radius 1 is 0.929 bits per heavy atom. The minimum Gasteiger partial charge on any atom is -0.247 e. The SMILES string of the molecule is Cc1cc(C)cc(C2=Nc3cccc4cc(C5CCC(F)(F)CC5)cc2c34)c1. The average molecular weight is 375 g/mol. The van der Waals surface area contributed by atoms with Gasteiger partial charge < -0.3 is 0 Å². The van der Waals surface area contributed by atoms with E-state index in [9.17, 15) is 8.78 Å². The van der Waals surface area contributed by atoms with Gasteiger partial charge in [0.1, 0.15) is 0 Å². The Hall–Kier alpha value is -2.55. The quantitative estimate of drug-likeness (QED) is 0.350. The van der Waals surface area contributed by atoms with Crippen LogP contribution >= 0.6 is 0 Å². The second-order valence-corrected chi connectivity index (χ2v) is 8.41. The van der Waals surface area contributed by atoms with Crippen LogP contribution in [0.1, 0.15) is 59.4 Å². The summed E-state index contributed by atoms with van der Waals surface area (Å²) in [5.74, 6) is -2.30. The molecule has 1 aliphatic carbocycles. The highest BCUT2D eigenvalue weighted by atomic mass is 19.3. The molecule has 1 heterocycles. The zero-order chi connectivity index (χ0) is 19.5. The number of hydrogen-bond donors (Lipinski definition) is 0. The van der Waals surface area contributed by atoms with E-state index in [1.165, 1.54) is 22.1 Å². The summed E-state index contributed by atoms with van der Waals surface area (Å²) < 4.78 is 27.3. The lowest BCUT2D eigenvalue weighted by molar-refractivity contribution is -0.0382. The van der Waals surface area contributed by atoms with Gasteiger partial charge >= 0.3 is 0 Å². The van der Waals surface area contributed by atoms with Crippen molar-refractivity contribution in [1.82, 2.24) is 0 Å². The molecule has 0 unspecified atom stereocenters. The third-order valence-electron chi connectivity index (χ3n) is 6.15. The minimum atomic E-state index is -2.50. The van der Waals surface area contributed by atoms with Crippen LogP contribution in [-0.2, 0) is 0 Å². The van der Waals surface area contributed by atoms with Crippen molar-refractivity contribution in [2.45, 2.75) is 51.4 Å². The lowest BCUT2D eigenvalue weighted by Gasteiger charge is -2.29. The molecule has 0 amide bonds. The normalized spacial score (nSPS) is 18.5.